The van der Waals surface area contributed by atoms with Crippen molar-refractivity contribution >= 4 is 34.5 Å². The second-order valence-electron chi connectivity index (χ2n) is 4.96. The molecule has 0 aliphatic heterocycles. The zero-order valence-corrected chi connectivity index (χ0v) is 12.5. The highest BCUT2D eigenvalue weighted by Gasteiger charge is 2.21. The molecule has 1 heterocycles. The molecule has 3 nitrogen and oxygen atoms in total. The van der Waals surface area contributed by atoms with Crippen LogP contribution in [0.3, 0.4) is 0 Å². The number of amides is 1. The summed E-state index contributed by atoms with van der Waals surface area (Å²) in [5.41, 5.74) is 5.28. The van der Waals surface area contributed by atoms with Gasteiger partial charge in [-0.25, -0.2) is 0 Å². The minimum atomic E-state index is -0.321. The Morgan fingerprint density at radius 2 is 2.28 bits per heavy atom. The summed E-state index contributed by atoms with van der Waals surface area (Å²) in [5.74, 6) is 0.0656. The Balaban J connectivity index is 2.20. The van der Waals surface area contributed by atoms with Crippen molar-refractivity contribution in [1.29, 1.82) is 0 Å². The molecule has 0 atom stereocenters. The van der Waals surface area contributed by atoms with E-state index in [-0.39, 0.29) is 11.3 Å². The Kier molecular flexibility index (Phi) is 5.75. The van der Waals surface area contributed by atoms with Gasteiger partial charge in [-0.15, -0.1) is 11.3 Å². The highest BCUT2D eigenvalue weighted by molar-refractivity contribution is 7.80. The van der Waals surface area contributed by atoms with Crippen molar-refractivity contribution in [3.8, 4) is 0 Å². The molecule has 0 aliphatic rings. The van der Waals surface area contributed by atoms with Crippen LogP contribution < -0.4 is 11.1 Å². The van der Waals surface area contributed by atoms with Gasteiger partial charge in [-0.1, -0.05) is 32.1 Å². The summed E-state index contributed by atoms with van der Waals surface area (Å²) in [6.07, 6.45) is 2.38. The lowest BCUT2D eigenvalue weighted by molar-refractivity contribution is -0.121. The lowest BCUT2D eigenvalue weighted by atomic mass is 9.93. The Hall–Kier alpha value is -0.940. The predicted octanol–water partition coefficient (Wildman–Crippen LogP) is 2.50. The lowest BCUT2D eigenvalue weighted by Gasteiger charge is -2.23. The van der Waals surface area contributed by atoms with Crippen molar-refractivity contribution in [2.24, 2.45) is 11.1 Å². The molecule has 100 valence electrons. The molecule has 0 saturated heterocycles. The number of thiophene rings is 1. The van der Waals surface area contributed by atoms with Crippen LogP contribution >= 0.6 is 23.6 Å². The normalized spacial score (nSPS) is 11.2. The fraction of sp³-hybridized carbons (Fsp3) is 0.538. The second-order valence-corrected chi connectivity index (χ2v) is 6.43. The largest absolute Gasteiger partial charge is 0.393 e. The van der Waals surface area contributed by atoms with Crippen LogP contribution in [0.4, 0.5) is 0 Å². The molecule has 3 N–H and O–H groups in total. The van der Waals surface area contributed by atoms with E-state index in [9.17, 15) is 4.79 Å². The summed E-state index contributed by atoms with van der Waals surface area (Å²) in [7, 11) is 0. The molecule has 5 heteroatoms. The molecular weight excluding hydrogens is 264 g/mol. The number of carbonyl (C=O) groups is 1. The molecule has 0 saturated carbocycles. The summed E-state index contributed by atoms with van der Waals surface area (Å²) in [6, 6.07) is 4.13. The van der Waals surface area contributed by atoms with E-state index in [1.54, 1.807) is 11.3 Å². The van der Waals surface area contributed by atoms with Crippen molar-refractivity contribution in [2.75, 3.05) is 6.54 Å². The first-order valence-corrected chi connectivity index (χ1v) is 7.29. The van der Waals surface area contributed by atoms with E-state index < -0.39 is 0 Å². The van der Waals surface area contributed by atoms with Gasteiger partial charge in [-0.3, -0.25) is 4.79 Å². The van der Waals surface area contributed by atoms with Gasteiger partial charge in [0.2, 0.25) is 5.91 Å². The maximum absolute atomic E-state index is 11.6. The molecule has 0 bridgehead atoms. The molecular formula is C13H20N2OS2. The fourth-order valence-corrected chi connectivity index (χ4v) is 2.20. The molecule has 1 aromatic heterocycles. The maximum Gasteiger partial charge on any atom is 0.220 e. The number of nitrogens with one attached hydrogen (secondary N) is 1. The van der Waals surface area contributed by atoms with Gasteiger partial charge in [0, 0.05) is 23.3 Å². The zero-order chi connectivity index (χ0) is 13.6. The molecule has 1 amide bonds. The molecule has 1 rings (SSSR count). The number of hydrogen-bond acceptors (Lipinski definition) is 3. The van der Waals surface area contributed by atoms with Crippen LogP contribution in [0.25, 0.3) is 0 Å². The van der Waals surface area contributed by atoms with E-state index in [0.29, 0.717) is 18.0 Å². The molecule has 18 heavy (non-hydrogen) atoms. The first-order valence-electron chi connectivity index (χ1n) is 6.01. The quantitative estimate of drug-likeness (QED) is 0.756. The topological polar surface area (TPSA) is 55.1 Å². The minimum Gasteiger partial charge on any atom is -0.393 e. The van der Waals surface area contributed by atoms with Crippen molar-refractivity contribution in [1.82, 2.24) is 5.32 Å². The van der Waals surface area contributed by atoms with Crippen LogP contribution in [-0.4, -0.2) is 17.4 Å². The van der Waals surface area contributed by atoms with Gasteiger partial charge in [0.25, 0.3) is 0 Å². The third-order valence-electron chi connectivity index (χ3n) is 2.80. The van der Waals surface area contributed by atoms with E-state index >= 15 is 0 Å². The summed E-state index contributed by atoms with van der Waals surface area (Å²) in [5, 5.41) is 4.94. The third-order valence-corrected chi connectivity index (χ3v) is 4.29. The first kappa shape index (κ1) is 15.1. The smallest absolute Gasteiger partial charge is 0.220 e. The average molecular weight is 284 g/mol. The van der Waals surface area contributed by atoms with Crippen LogP contribution in [0.5, 0.6) is 0 Å². The maximum atomic E-state index is 11.6. The molecule has 0 aromatic carbocycles. The van der Waals surface area contributed by atoms with Gasteiger partial charge < -0.3 is 11.1 Å². The van der Waals surface area contributed by atoms with E-state index in [2.05, 4.69) is 16.8 Å². The fourth-order valence-electron chi connectivity index (χ4n) is 1.37. The summed E-state index contributed by atoms with van der Waals surface area (Å²) in [4.78, 5) is 13.4. The van der Waals surface area contributed by atoms with E-state index in [1.165, 1.54) is 4.88 Å². The number of carbonyl (C=O) groups excluding carboxylic acids is 1. The van der Waals surface area contributed by atoms with Gasteiger partial charge >= 0.3 is 0 Å². The first-order chi connectivity index (χ1) is 8.42. The van der Waals surface area contributed by atoms with Gasteiger partial charge in [-0.2, -0.15) is 0 Å². The average Bonchev–Trinajstić information content (AvgIpc) is 2.79. The number of hydrogen-bond donors (Lipinski definition) is 2. The standard InChI is InChI=1S/C13H20N2OS2/c1-13(2,12(14)17)9-15-11(16)7-3-5-10-6-4-8-18-10/h4,6,8H,3,5,7,9H2,1-2H3,(H2,14,17)(H,15,16). The van der Waals surface area contributed by atoms with E-state index in [1.807, 2.05) is 19.9 Å². The highest BCUT2D eigenvalue weighted by Crippen LogP contribution is 2.14. The molecule has 0 aliphatic carbocycles. The van der Waals surface area contributed by atoms with Gasteiger partial charge in [0.05, 0.1) is 4.99 Å². The van der Waals surface area contributed by atoms with E-state index in [4.69, 9.17) is 18.0 Å². The summed E-state index contributed by atoms with van der Waals surface area (Å²) >= 11 is 6.68. The minimum absolute atomic E-state index is 0.0656. The predicted molar refractivity (Wildman–Crippen MR) is 80.8 cm³/mol. The Labute approximate surface area is 118 Å². The Morgan fingerprint density at radius 1 is 1.56 bits per heavy atom. The molecule has 1 aromatic rings. The highest BCUT2D eigenvalue weighted by atomic mass is 32.1. The van der Waals surface area contributed by atoms with Crippen LogP contribution in [0, 0.1) is 5.41 Å². The molecule has 0 radical (unpaired) electrons. The van der Waals surface area contributed by atoms with Crippen LogP contribution in [-0.2, 0) is 11.2 Å². The zero-order valence-electron chi connectivity index (χ0n) is 10.9. The van der Waals surface area contributed by atoms with Crippen LogP contribution in [0.1, 0.15) is 31.6 Å². The molecule has 0 fully saturated rings. The molecule has 0 unspecified atom stereocenters. The summed E-state index contributed by atoms with van der Waals surface area (Å²) < 4.78 is 0. The SMILES string of the molecule is CC(C)(CNC(=O)CCCc1cccs1)C(N)=S. The number of nitrogens with two attached hydrogens (primary N) is 1. The van der Waals surface area contributed by atoms with Crippen LogP contribution in [0.15, 0.2) is 17.5 Å². The second kappa shape index (κ2) is 6.85. The van der Waals surface area contributed by atoms with E-state index in [0.717, 1.165) is 12.8 Å². The number of thiocarbonyl (C=S) groups is 1. The lowest BCUT2D eigenvalue weighted by Crippen LogP contribution is -2.41. The van der Waals surface area contributed by atoms with Crippen LogP contribution in [0.2, 0.25) is 0 Å². The molecule has 0 spiro atoms. The van der Waals surface area contributed by atoms with Gasteiger partial charge in [-0.05, 0) is 24.3 Å². The number of aryl methyl sites for hydroxylation is 1. The Bertz CT molecular complexity index is 399. The van der Waals surface area contributed by atoms with Crippen molar-refractivity contribution < 1.29 is 4.79 Å². The van der Waals surface area contributed by atoms with Crippen molar-refractivity contribution in [3.63, 3.8) is 0 Å². The Morgan fingerprint density at radius 3 is 2.83 bits per heavy atom. The summed E-state index contributed by atoms with van der Waals surface area (Å²) in [6.45, 7) is 4.36. The monoisotopic (exact) mass is 284 g/mol. The van der Waals surface area contributed by atoms with Crippen molar-refractivity contribution in [3.05, 3.63) is 22.4 Å². The van der Waals surface area contributed by atoms with Crippen molar-refractivity contribution in [2.45, 2.75) is 33.1 Å². The van der Waals surface area contributed by atoms with Gasteiger partial charge in [0.1, 0.15) is 0 Å². The number of rotatable bonds is 7. The third kappa shape index (κ3) is 5.14. The van der Waals surface area contributed by atoms with Gasteiger partial charge in [0.15, 0.2) is 0 Å².